The van der Waals surface area contributed by atoms with Crippen LogP contribution in [0.5, 0.6) is 0 Å². The monoisotopic (exact) mass is 531 g/mol. The second-order valence-electron chi connectivity index (χ2n) is 7.08. The van der Waals surface area contributed by atoms with Crippen LogP contribution in [0.25, 0.3) is 0 Å². The highest BCUT2D eigenvalue weighted by Gasteiger charge is 2.20. The Morgan fingerprint density at radius 3 is 2.66 bits per heavy atom. The van der Waals surface area contributed by atoms with Crippen molar-refractivity contribution in [1.29, 1.82) is 0 Å². The van der Waals surface area contributed by atoms with Crippen LogP contribution in [0.4, 0.5) is 15.1 Å². The number of rotatable bonds is 7. The maximum Gasteiger partial charge on any atom is 0.191 e. The van der Waals surface area contributed by atoms with Crippen molar-refractivity contribution < 1.29 is 4.39 Å². The maximum absolute atomic E-state index is 13.8. The van der Waals surface area contributed by atoms with Gasteiger partial charge < -0.3 is 20.4 Å². The fraction of sp³-hybridized carbons (Fsp3) is 0.476. The Balaban J connectivity index is 0.00000300. The zero-order valence-corrected chi connectivity index (χ0v) is 20.3. The van der Waals surface area contributed by atoms with Crippen molar-refractivity contribution in [2.45, 2.75) is 25.3 Å². The third kappa shape index (κ3) is 7.02. The molecule has 29 heavy (non-hydrogen) atoms. The number of halogens is 2. The van der Waals surface area contributed by atoms with Crippen LogP contribution in [0.15, 0.2) is 46.8 Å². The molecule has 2 N–H and O–H groups in total. The molecule has 0 unspecified atom stereocenters. The number of guanidine groups is 1. The molecular formula is C21H31FIN5S. The van der Waals surface area contributed by atoms with Gasteiger partial charge in [-0.05, 0) is 48.9 Å². The molecule has 2 aromatic rings. The lowest BCUT2D eigenvalue weighted by Gasteiger charge is -2.33. The largest absolute Gasteiger partial charge is 0.372 e. The van der Waals surface area contributed by atoms with Gasteiger partial charge in [-0.2, -0.15) is 0 Å². The molecule has 0 amide bonds. The van der Waals surface area contributed by atoms with Crippen molar-refractivity contribution in [2.75, 3.05) is 50.1 Å². The highest BCUT2D eigenvalue weighted by atomic mass is 127. The van der Waals surface area contributed by atoms with E-state index in [0.29, 0.717) is 11.7 Å². The lowest BCUT2D eigenvalue weighted by atomic mass is 10.1. The second-order valence-corrected chi connectivity index (χ2v) is 8.01. The number of thiophene rings is 1. The average molecular weight is 531 g/mol. The summed E-state index contributed by atoms with van der Waals surface area (Å²) in [6, 6.07) is 11.6. The summed E-state index contributed by atoms with van der Waals surface area (Å²) < 4.78 is 13.8. The van der Waals surface area contributed by atoms with Crippen molar-refractivity contribution in [3.8, 4) is 0 Å². The minimum Gasteiger partial charge on any atom is -0.372 e. The summed E-state index contributed by atoms with van der Waals surface area (Å²) in [6.45, 7) is 3.72. The fourth-order valence-corrected chi connectivity index (χ4v) is 4.27. The highest BCUT2D eigenvalue weighted by Crippen LogP contribution is 2.24. The first kappa shape index (κ1) is 23.7. The van der Waals surface area contributed by atoms with Gasteiger partial charge in [-0.3, -0.25) is 4.99 Å². The topological polar surface area (TPSA) is 42.9 Å². The maximum atomic E-state index is 13.8. The lowest BCUT2D eigenvalue weighted by Crippen LogP contribution is -2.49. The number of piperidine rings is 1. The van der Waals surface area contributed by atoms with Gasteiger partial charge in [-0.15, -0.1) is 35.3 Å². The van der Waals surface area contributed by atoms with E-state index in [0.717, 1.165) is 51.4 Å². The predicted molar refractivity (Wildman–Crippen MR) is 134 cm³/mol. The van der Waals surface area contributed by atoms with Crippen molar-refractivity contribution in [1.82, 2.24) is 10.6 Å². The van der Waals surface area contributed by atoms with Crippen LogP contribution < -0.4 is 20.4 Å². The van der Waals surface area contributed by atoms with E-state index in [1.54, 1.807) is 17.4 Å². The van der Waals surface area contributed by atoms with Gasteiger partial charge in [0.1, 0.15) is 5.82 Å². The molecule has 1 aliphatic heterocycles. The Labute approximate surface area is 194 Å². The van der Waals surface area contributed by atoms with Crippen LogP contribution in [-0.4, -0.2) is 52.3 Å². The molecule has 2 heterocycles. The number of hydrogen-bond acceptors (Lipinski definition) is 4. The van der Waals surface area contributed by atoms with E-state index in [-0.39, 0.29) is 29.8 Å². The Hall–Kier alpha value is -1.55. The number of anilines is 2. The average Bonchev–Trinajstić information content (AvgIpc) is 3.26. The first-order valence-corrected chi connectivity index (χ1v) is 10.8. The van der Waals surface area contributed by atoms with Crippen molar-refractivity contribution in [3.63, 3.8) is 0 Å². The van der Waals surface area contributed by atoms with Crippen LogP contribution in [-0.2, 0) is 0 Å². The molecule has 0 spiro atoms. The normalized spacial score (nSPS) is 15.0. The van der Waals surface area contributed by atoms with E-state index in [1.165, 1.54) is 11.1 Å². The van der Waals surface area contributed by atoms with Gasteiger partial charge in [0.05, 0.1) is 10.7 Å². The highest BCUT2D eigenvalue weighted by molar-refractivity contribution is 14.0. The molecule has 1 aromatic heterocycles. The fourth-order valence-electron chi connectivity index (χ4n) is 3.49. The lowest BCUT2D eigenvalue weighted by molar-refractivity contribution is 0.462. The standard InChI is InChI=1S/C21H30FN5S.HI/c1-23-21(24-12-6-13-26(2)19-8-4-3-7-18(19)22)25-17-10-14-27(15-11-17)20-9-5-16-28-20;/h3-5,7-9,16-17H,6,10-15H2,1-2H3,(H2,23,24,25);1H. The number of nitrogens with zero attached hydrogens (tertiary/aromatic N) is 3. The van der Waals surface area contributed by atoms with Crippen LogP contribution in [0.1, 0.15) is 19.3 Å². The van der Waals surface area contributed by atoms with Crippen molar-refractivity contribution >= 4 is 52.0 Å². The summed E-state index contributed by atoms with van der Waals surface area (Å²) in [5.41, 5.74) is 0.641. The van der Waals surface area contributed by atoms with Crippen LogP contribution in [0.3, 0.4) is 0 Å². The molecule has 0 bridgehead atoms. The summed E-state index contributed by atoms with van der Waals surface area (Å²) >= 11 is 1.81. The van der Waals surface area contributed by atoms with Crippen LogP contribution >= 0.6 is 35.3 Å². The number of benzene rings is 1. The van der Waals surface area contributed by atoms with E-state index in [4.69, 9.17) is 0 Å². The van der Waals surface area contributed by atoms with Gasteiger partial charge in [-0.25, -0.2) is 4.39 Å². The molecule has 0 aliphatic carbocycles. The number of nitrogens with one attached hydrogen (secondary N) is 2. The van der Waals surface area contributed by atoms with E-state index in [9.17, 15) is 4.39 Å². The van der Waals surface area contributed by atoms with Crippen molar-refractivity contribution in [3.05, 3.63) is 47.6 Å². The van der Waals surface area contributed by atoms with E-state index < -0.39 is 0 Å². The molecule has 3 rings (SSSR count). The van der Waals surface area contributed by atoms with Gasteiger partial charge in [0.25, 0.3) is 0 Å². The number of aliphatic imine (C=N–C) groups is 1. The van der Waals surface area contributed by atoms with Crippen LogP contribution in [0.2, 0.25) is 0 Å². The third-order valence-electron chi connectivity index (χ3n) is 5.10. The van der Waals surface area contributed by atoms with E-state index >= 15 is 0 Å². The SMILES string of the molecule is CN=C(NCCCN(C)c1ccccc1F)NC1CCN(c2cccs2)CC1.I. The Morgan fingerprint density at radius 1 is 1.24 bits per heavy atom. The number of para-hydroxylation sites is 1. The first-order valence-electron chi connectivity index (χ1n) is 9.88. The minimum atomic E-state index is -0.177. The Morgan fingerprint density at radius 2 is 2.00 bits per heavy atom. The predicted octanol–water partition coefficient (Wildman–Crippen LogP) is 4.17. The summed E-state index contributed by atoms with van der Waals surface area (Å²) in [7, 11) is 3.73. The summed E-state index contributed by atoms with van der Waals surface area (Å²) in [5, 5.41) is 10.4. The molecule has 1 aliphatic rings. The first-order chi connectivity index (χ1) is 13.7. The number of hydrogen-bond donors (Lipinski definition) is 2. The summed E-state index contributed by atoms with van der Waals surface area (Å²) in [4.78, 5) is 8.76. The van der Waals surface area contributed by atoms with Crippen molar-refractivity contribution in [2.24, 2.45) is 4.99 Å². The molecule has 0 atom stereocenters. The van der Waals surface area contributed by atoms with E-state index in [1.807, 2.05) is 31.1 Å². The van der Waals surface area contributed by atoms with E-state index in [2.05, 4.69) is 38.0 Å². The summed E-state index contributed by atoms with van der Waals surface area (Å²) in [6.07, 6.45) is 3.12. The molecule has 1 aromatic carbocycles. The molecule has 0 saturated carbocycles. The molecule has 1 fully saturated rings. The Kier molecular flexibility index (Phi) is 9.99. The van der Waals surface area contributed by atoms with Crippen LogP contribution in [0, 0.1) is 5.82 Å². The molecule has 1 saturated heterocycles. The smallest absolute Gasteiger partial charge is 0.191 e. The minimum absolute atomic E-state index is 0. The molecular weight excluding hydrogens is 500 g/mol. The zero-order valence-electron chi connectivity index (χ0n) is 17.1. The quantitative estimate of drug-likeness (QED) is 0.244. The molecule has 0 radical (unpaired) electrons. The van der Waals surface area contributed by atoms with Gasteiger partial charge >= 0.3 is 0 Å². The molecule has 160 valence electrons. The Bertz CT molecular complexity index is 747. The molecule has 8 heteroatoms. The van der Waals surface area contributed by atoms with Gasteiger partial charge in [0, 0.05) is 46.3 Å². The second kappa shape index (κ2) is 12.2. The zero-order chi connectivity index (χ0) is 19.8. The summed E-state index contributed by atoms with van der Waals surface area (Å²) in [5.74, 6) is 0.674. The van der Waals surface area contributed by atoms with Gasteiger partial charge in [0.2, 0.25) is 0 Å². The van der Waals surface area contributed by atoms with Gasteiger partial charge in [0.15, 0.2) is 5.96 Å². The third-order valence-corrected chi connectivity index (χ3v) is 6.03. The van der Waals surface area contributed by atoms with Gasteiger partial charge in [-0.1, -0.05) is 12.1 Å². The molecule has 5 nitrogen and oxygen atoms in total.